The average molecular weight is 205 g/mol. The topological polar surface area (TPSA) is 70.3 Å². The van der Waals surface area contributed by atoms with Crippen LogP contribution < -0.4 is 0 Å². The number of hydrogen-bond donors (Lipinski definition) is 1. The van der Waals surface area contributed by atoms with E-state index < -0.39 is 12.1 Å². The summed E-state index contributed by atoms with van der Waals surface area (Å²) in [7, 11) is 0. The van der Waals surface area contributed by atoms with Gasteiger partial charge in [0.25, 0.3) is 0 Å². The van der Waals surface area contributed by atoms with E-state index in [2.05, 4.69) is 0 Å². The molecule has 78 valence electrons. The van der Waals surface area contributed by atoms with Gasteiger partial charge in [0, 0.05) is 6.42 Å². The van der Waals surface area contributed by atoms with E-state index in [9.17, 15) is 4.79 Å². The first-order valence-corrected chi connectivity index (χ1v) is 4.54. The summed E-state index contributed by atoms with van der Waals surface area (Å²) in [6, 6.07) is 10.2. The second kappa shape index (κ2) is 5.78. The first kappa shape index (κ1) is 11.2. The minimum atomic E-state index is -1.08. The van der Waals surface area contributed by atoms with Crippen molar-refractivity contribution in [3.05, 3.63) is 35.9 Å². The highest BCUT2D eigenvalue weighted by atomic mass is 16.5. The van der Waals surface area contributed by atoms with Gasteiger partial charge in [0.15, 0.2) is 0 Å². The van der Waals surface area contributed by atoms with Gasteiger partial charge in [-0.3, -0.25) is 0 Å². The second-order valence-electron chi connectivity index (χ2n) is 2.94. The van der Waals surface area contributed by atoms with Crippen LogP contribution in [-0.2, 0) is 4.74 Å². The Kier molecular flexibility index (Phi) is 4.32. The summed E-state index contributed by atoms with van der Waals surface area (Å²) in [6.45, 7) is 0.0441. The molecule has 0 bridgehead atoms. The highest BCUT2D eigenvalue weighted by Gasteiger charge is 2.07. The zero-order chi connectivity index (χ0) is 11.1. The van der Waals surface area contributed by atoms with Gasteiger partial charge in [-0.2, -0.15) is 5.26 Å². The van der Waals surface area contributed by atoms with Gasteiger partial charge in [-0.1, -0.05) is 18.2 Å². The lowest BCUT2D eigenvalue weighted by atomic mass is 10.2. The number of aliphatic hydroxyl groups excluding tert-OH is 1. The molecule has 1 rings (SSSR count). The van der Waals surface area contributed by atoms with E-state index >= 15 is 0 Å². The monoisotopic (exact) mass is 205 g/mol. The molecular weight excluding hydrogens is 194 g/mol. The third-order valence-electron chi connectivity index (χ3n) is 1.78. The van der Waals surface area contributed by atoms with Crippen LogP contribution in [0.4, 0.5) is 0 Å². The molecular formula is C11H11NO3. The summed E-state index contributed by atoms with van der Waals surface area (Å²) in [5, 5.41) is 17.2. The molecule has 4 nitrogen and oxygen atoms in total. The third kappa shape index (κ3) is 3.79. The van der Waals surface area contributed by atoms with Crippen molar-refractivity contribution in [1.82, 2.24) is 0 Å². The average Bonchev–Trinajstić information content (AvgIpc) is 2.29. The van der Waals surface area contributed by atoms with Crippen LogP contribution in [0.25, 0.3) is 0 Å². The normalized spacial score (nSPS) is 11.5. The van der Waals surface area contributed by atoms with Gasteiger partial charge >= 0.3 is 5.97 Å². The maximum atomic E-state index is 11.3. The summed E-state index contributed by atoms with van der Waals surface area (Å²) < 4.78 is 4.85. The Balaban J connectivity index is 2.35. The van der Waals surface area contributed by atoms with Crippen LogP contribution in [0.15, 0.2) is 30.3 Å². The minimum absolute atomic E-state index is 0.0441. The quantitative estimate of drug-likeness (QED) is 0.590. The molecule has 0 saturated heterocycles. The molecule has 1 unspecified atom stereocenters. The summed E-state index contributed by atoms with van der Waals surface area (Å²) >= 11 is 0. The zero-order valence-corrected chi connectivity index (χ0v) is 8.09. The van der Waals surface area contributed by atoms with Crippen LogP contribution in [0, 0.1) is 11.3 Å². The van der Waals surface area contributed by atoms with Crippen molar-refractivity contribution in [2.24, 2.45) is 0 Å². The minimum Gasteiger partial charge on any atom is -0.462 e. The fourth-order valence-electron chi connectivity index (χ4n) is 0.985. The van der Waals surface area contributed by atoms with Gasteiger partial charge in [0.1, 0.15) is 6.10 Å². The SMILES string of the molecule is N#CC(O)CCOC(=O)c1ccccc1. The molecule has 0 aliphatic heterocycles. The van der Waals surface area contributed by atoms with Crippen LogP contribution >= 0.6 is 0 Å². The Bertz CT molecular complexity index is 356. The molecule has 0 aliphatic carbocycles. The Morgan fingerprint density at radius 2 is 2.13 bits per heavy atom. The number of ether oxygens (including phenoxy) is 1. The highest BCUT2D eigenvalue weighted by molar-refractivity contribution is 5.89. The van der Waals surface area contributed by atoms with E-state index in [1.54, 1.807) is 36.4 Å². The fourth-order valence-corrected chi connectivity index (χ4v) is 0.985. The van der Waals surface area contributed by atoms with Gasteiger partial charge < -0.3 is 9.84 Å². The number of hydrogen-bond acceptors (Lipinski definition) is 4. The summed E-state index contributed by atoms with van der Waals surface area (Å²) in [5.41, 5.74) is 0.462. The van der Waals surface area contributed by atoms with Crippen LogP contribution in [0.1, 0.15) is 16.8 Å². The van der Waals surface area contributed by atoms with Gasteiger partial charge in [0.05, 0.1) is 18.2 Å². The lowest BCUT2D eigenvalue weighted by Gasteiger charge is -2.04. The van der Waals surface area contributed by atoms with Crippen molar-refractivity contribution < 1.29 is 14.6 Å². The van der Waals surface area contributed by atoms with Gasteiger partial charge in [0.2, 0.25) is 0 Å². The van der Waals surface area contributed by atoms with Crippen molar-refractivity contribution in [3.63, 3.8) is 0 Å². The largest absolute Gasteiger partial charge is 0.462 e. The molecule has 1 aromatic rings. The van der Waals surface area contributed by atoms with Gasteiger partial charge in [-0.15, -0.1) is 0 Å². The number of esters is 1. The standard InChI is InChI=1S/C11H11NO3/c12-8-10(13)6-7-15-11(14)9-4-2-1-3-5-9/h1-5,10,13H,6-7H2. The van der Waals surface area contributed by atoms with E-state index in [-0.39, 0.29) is 13.0 Å². The smallest absolute Gasteiger partial charge is 0.338 e. The molecule has 0 aliphatic rings. The van der Waals surface area contributed by atoms with Gasteiger partial charge in [-0.05, 0) is 12.1 Å². The summed E-state index contributed by atoms with van der Waals surface area (Å²) in [5.74, 6) is -0.444. The number of aliphatic hydroxyl groups is 1. The predicted octanol–water partition coefficient (Wildman–Crippen LogP) is 1.12. The Hall–Kier alpha value is -1.86. The number of benzene rings is 1. The van der Waals surface area contributed by atoms with E-state index in [0.29, 0.717) is 5.56 Å². The zero-order valence-electron chi connectivity index (χ0n) is 8.09. The van der Waals surface area contributed by atoms with Crippen molar-refractivity contribution in [3.8, 4) is 6.07 Å². The molecule has 0 radical (unpaired) electrons. The summed E-state index contributed by atoms with van der Waals surface area (Å²) in [4.78, 5) is 11.3. The number of carbonyl (C=O) groups excluding carboxylic acids is 1. The van der Waals surface area contributed by atoms with E-state index in [1.165, 1.54) is 0 Å². The van der Waals surface area contributed by atoms with Gasteiger partial charge in [-0.25, -0.2) is 4.79 Å². The van der Waals surface area contributed by atoms with E-state index in [0.717, 1.165) is 0 Å². The van der Waals surface area contributed by atoms with Crippen molar-refractivity contribution in [2.75, 3.05) is 6.61 Å². The van der Waals surface area contributed by atoms with Crippen LogP contribution in [0.5, 0.6) is 0 Å². The molecule has 1 atom stereocenters. The molecule has 0 heterocycles. The van der Waals surface area contributed by atoms with Crippen LogP contribution in [0.3, 0.4) is 0 Å². The van der Waals surface area contributed by atoms with E-state index in [4.69, 9.17) is 15.1 Å². The molecule has 0 spiro atoms. The number of rotatable bonds is 4. The van der Waals surface area contributed by atoms with Crippen LogP contribution in [-0.4, -0.2) is 23.8 Å². The maximum Gasteiger partial charge on any atom is 0.338 e. The fraction of sp³-hybridized carbons (Fsp3) is 0.273. The molecule has 1 N–H and O–H groups in total. The Morgan fingerprint density at radius 1 is 1.47 bits per heavy atom. The maximum absolute atomic E-state index is 11.3. The van der Waals surface area contributed by atoms with E-state index in [1.807, 2.05) is 0 Å². The third-order valence-corrected chi connectivity index (χ3v) is 1.78. The first-order chi connectivity index (χ1) is 7.24. The number of nitriles is 1. The number of nitrogens with zero attached hydrogens (tertiary/aromatic N) is 1. The van der Waals surface area contributed by atoms with Crippen LogP contribution in [0.2, 0.25) is 0 Å². The molecule has 15 heavy (non-hydrogen) atoms. The highest BCUT2D eigenvalue weighted by Crippen LogP contribution is 2.01. The molecule has 0 saturated carbocycles. The molecule has 1 aromatic carbocycles. The summed E-state index contributed by atoms with van der Waals surface area (Å²) in [6.07, 6.45) is -0.941. The molecule has 0 amide bonds. The predicted molar refractivity (Wildman–Crippen MR) is 53.0 cm³/mol. The van der Waals surface area contributed by atoms with Crippen molar-refractivity contribution in [2.45, 2.75) is 12.5 Å². The lowest BCUT2D eigenvalue weighted by molar-refractivity contribution is 0.0461. The van der Waals surface area contributed by atoms with Crippen molar-refractivity contribution >= 4 is 5.97 Å². The van der Waals surface area contributed by atoms with Crippen molar-refractivity contribution in [1.29, 1.82) is 5.26 Å². The number of carbonyl (C=O) groups is 1. The lowest BCUT2D eigenvalue weighted by Crippen LogP contribution is -2.11. The molecule has 0 fully saturated rings. The molecule has 4 heteroatoms. The Morgan fingerprint density at radius 3 is 2.73 bits per heavy atom. The molecule has 0 aromatic heterocycles. The first-order valence-electron chi connectivity index (χ1n) is 4.54. The second-order valence-corrected chi connectivity index (χ2v) is 2.94. The Labute approximate surface area is 87.7 Å².